The summed E-state index contributed by atoms with van der Waals surface area (Å²) < 4.78 is 21.5. The van der Waals surface area contributed by atoms with E-state index in [1.54, 1.807) is 5.57 Å². The lowest BCUT2D eigenvalue weighted by Gasteiger charge is -2.46. The van der Waals surface area contributed by atoms with Crippen molar-refractivity contribution in [3.63, 3.8) is 0 Å². The zero-order valence-electron chi connectivity index (χ0n) is 35.9. The molecule has 3 fully saturated rings. The number of hydrogen-bond acceptors (Lipinski definition) is 3. The Hall–Kier alpha value is -0.249. The number of rotatable bonds is 11. The minimum atomic E-state index is -2.05. The van der Waals surface area contributed by atoms with E-state index in [1.165, 1.54) is 49.7 Å². The first-order valence-electron chi connectivity index (χ1n) is 20.2. The van der Waals surface area contributed by atoms with Gasteiger partial charge in [-0.05, 0) is 135 Å². The Balaban J connectivity index is 2.03. The van der Waals surface area contributed by atoms with E-state index in [4.69, 9.17) is 13.3 Å². The van der Waals surface area contributed by atoms with Gasteiger partial charge in [0.1, 0.15) is 0 Å². The second-order valence-corrected chi connectivity index (χ2v) is 35.6. The predicted molar refractivity (Wildman–Crippen MR) is 223 cm³/mol. The lowest BCUT2D eigenvalue weighted by molar-refractivity contribution is 0.0961. The minimum absolute atomic E-state index is 0.0554. The van der Waals surface area contributed by atoms with Crippen LogP contribution in [-0.2, 0) is 13.3 Å². The summed E-state index contributed by atoms with van der Waals surface area (Å²) in [5, 5.41) is 0.498. The molecule has 0 amide bonds. The fourth-order valence-corrected chi connectivity index (χ4v) is 11.8. The molecule has 3 nitrogen and oxygen atoms in total. The highest BCUT2D eigenvalue weighted by atomic mass is 28.4. The van der Waals surface area contributed by atoms with Gasteiger partial charge in [-0.3, -0.25) is 0 Å². The highest BCUT2D eigenvalue weighted by molar-refractivity contribution is 6.75. The van der Waals surface area contributed by atoms with Crippen molar-refractivity contribution in [2.75, 3.05) is 6.61 Å². The van der Waals surface area contributed by atoms with E-state index >= 15 is 0 Å². The Kier molecular flexibility index (Phi) is 13.8. The topological polar surface area (TPSA) is 27.7 Å². The van der Waals surface area contributed by atoms with Gasteiger partial charge in [-0.15, -0.1) is 0 Å². The molecule has 0 aromatic rings. The molecule has 0 aliphatic heterocycles. The third-order valence-electron chi connectivity index (χ3n) is 14.8. The van der Waals surface area contributed by atoms with Crippen molar-refractivity contribution in [3.8, 4) is 0 Å². The Morgan fingerprint density at radius 1 is 0.776 bits per heavy atom. The van der Waals surface area contributed by atoms with Crippen LogP contribution in [0.2, 0.25) is 54.4 Å². The molecule has 3 saturated carbocycles. The molecular formula is C43H82O3Si3. The molecule has 3 aliphatic rings. The van der Waals surface area contributed by atoms with Crippen molar-refractivity contribution in [1.29, 1.82) is 0 Å². The summed E-state index contributed by atoms with van der Waals surface area (Å²) in [4.78, 5) is 0. The normalized spacial score (nSPS) is 29.3. The van der Waals surface area contributed by atoms with Crippen LogP contribution < -0.4 is 0 Å². The van der Waals surface area contributed by atoms with Crippen molar-refractivity contribution < 1.29 is 13.3 Å². The maximum atomic E-state index is 7.41. The summed E-state index contributed by atoms with van der Waals surface area (Å²) in [7, 11) is -5.91. The molecule has 3 rings (SSSR count). The number of fused-ring (bicyclic) bond motifs is 1. The van der Waals surface area contributed by atoms with Gasteiger partial charge in [-0.1, -0.05) is 119 Å². The van der Waals surface area contributed by atoms with Gasteiger partial charge in [0.25, 0.3) is 0 Å². The standard InChI is InChI=1S/C43H82O3Si3/c1-19-32(2)36-26-27-37-34(22-20-28-43(36,37)12)25-24-33-30-38(45-48(15,16)41(6,7)8)35(23-21-29-44-47(13,14)40(3,4)5)39(31-33)46-49(17,18)42(9,10)11/h23-25,32,36-39H,19-22,26-31H2,1-18H3/t32-,36?,37?,38-,39-,43-/m1/s1. The van der Waals surface area contributed by atoms with E-state index in [1.807, 2.05) is 0 Å². The first-order chi connectivity index (χ1) is 22.2. The summed E-state index contributed by atoms with van der Waals surface area (Å²) >= 11 is 0. The fraction of sp³-hybridized carbons (Fsp3) is 0.860. The van der Waals surface area contributed by atoms with Crippen LogP contribution in [0.25, 0.3) is 0 Å². The molecule has 49 heavy (non-hydrogen) atoms. The average molecular weight is 731 g/mol. The summed E-state index contributed by atoms with van der Waals surface area (Å²) in [6.07, 6.45) is 18.7. The second-order valence-electron chi connectivity index (χ2n) is 21.3. The Bertz CT molecular complexity index is 1160. The van der Waals surface area contributed by atoms with Crippen LogP contribution in [0.5, 0.6) is 0 Å². The van der Waals surface area contributed by atoms with E-state index in [0.717, 1.165) is 43.6 Å². The van der Waals surface area contributed by atoms with Crippen LogP contribution in [0.1, 0.15) is 141 Å². The van der Waals surface area contributed by atoms with Crippen LogP contribution in [0, 0.1) is 23.2 Å². The second kappa shape index (κ2) is 15.6. The molecule has 0 aromatic carbocycles. The maximum absolute atomic E-state index is 7.41. The van der Waals surface area contributed by atoms with Gasteiger partial charge in [0.2, 0.25) is 0 Å². The van der Waals surface area contributed by atoms with E-state index in [0.29, 0.717) is 5.41 Å². The predicted octanol–water partition coefficient (Wildman–Crippen LogP) is 14.0. The van der Waals surface area contributed by atoms with Gasteiger partial charge in [0.05, 0.1) is 12.2 Å². The smallest absolute Gasteiger partial charge is 0.192 e. The fourth-order valence-electron chi connectivity index (χ4n) is 8.17. The molecule has 6 heteroatoms. The molecule has 2 unspecified atom stereocenters. The van der Waals surface area contributed by atoms with E-state index in [9.17, 15) is 0 Å². The van der Waals surface area contributed by atoms with Crippen LogP contribution >= 0.6 is 0 Å². The summed E-state index contributed by atoms with van der Waals surface area (Å²) in [5.41, 5.74) is 5.09. The zero-order valence-corrected chi connectivity index (χ0v) is 38.9. The molecule has 0 saturated heterocycles. The van der Waals surface area contributed by atoms with Gasteiger partial charge in [0, 0.05) is 6.61 Å². The van der Waals surface area contributed by atoms with Crippen molar-refractivity contribution in [3.05, 3.63) is 34.9 Å². The lowest BCUT2D eigenvalue weighted by atomic mass is 9.61. The van der Waals surface area contributed by atoms with E-state index < -0.39 is 25.0 Å². The highest BCUT2D eigenvalue weighted by Gasteiger charge is 2.50. The Morgan fingerprint density at radius 3 is 1.76 bits per heavy atom. The zero-order chi connectivity index (χ0) is 37.4. The van der Waals surface area contributed by atoms with Crippen LogP contribution in [0.3, 0.4) is 0 Å². The molecule has 3 aliphatic carbocycles. The third-order valence-corrected chi connectivity index (χ3v) is 28.3. The quantitative estimate of drug-likeness (QED) is 0.120. The van der Waals surface area contributed by atoms with Crippen molar-refractivity contribution >= 4 is 25.0 Å². The third kappa shape index (κ3) is 10.0. The van der Waals surface area contributed by atoms with Gasteiger partial charge >= 0.3 is 0 Å². The van der Waals surface area contributed by atoms with Gasteiger partial charge < -0.3 is 13.3 Å². The van der Waals surface area contributed by atoms with E-state index in [2.05, 4.69) is 141 Å². The molecule has 0 heterocycles. The Morgan fingerprint density at radius 2 is 1.29 bits per heavy atom. The highest BCUT2D eigenvalue weighted by Crippen LogP contribution is 2.60. The van der Waals surface area contributed by atoms with Crippen molar-refractivity contribution in [1.82, 2.24) is 0 Å². The first kappa shape index (κ1) is 43.2. The molecule has 0 spiro atoms. The van der Waals surface area contributed by atoms with Crippen LogP contribution in [0.15, 0.2) is 34.9 Å². The minimum Gasteiger partial charge on any atom is -0.417 e. The summed E-state index contributed by atoms with van der Waals surface area (Å²) in [5.74, 6) is 2.44. The maximum Gasteiger partial charge on any atom is 0.192 e. The van der Waals surface area contributed by atoms with Crippen molar-refractivity contribution in [2.24, 2.45) is 23.2 Å². The Labute approximate surface area is 309 Å². The largest absolute Gasteiger partial charge is 0.417 e. The first-order valence-corrected chi connectivity index (χ1v) is 29.0. The summed E-state index contributed by atoms with van der Waals surface area (Å²) in [6.45, 7) is 44.0. The summed E-state index contributed by atoms with van der Waals surface area (Å²) in [6, 6.07) is 0. The SMILES string of the molecule is CC[C@@H](C)C1CCC2C(=CC=C3C[C@@H](O[Si](C)(C)C(C)(C)C)C(=CCCO[Si](C)(C)C(C)(C)C)[C@H](O[Si](C)(C)C(C)(C)C)C3)CCC[C@@]21C. The van der Waals surface area contributed by atoms with Gasteiger partial charge in [-0.2, -0.15) is 0 Å². The van der Waals surface area contributed by atoms with Gasteiger partial charge in [0.15, 0.2) is 25.0 Å². The van der Waals surface area contributed by atoms with Crippen LogP contribution in [-0.4, -0.2) is 43.8 Å². The monoisotopic (exact) mass is 731 g/mol. The average Bonchev–Trinajstić information content (AvgIpc) is 3.30. The molecule has 284 valence electrons. The van der Waals surface area contributed by atoms with Crippen LogP contribution in [0.4, 0.5) is 0 Å². The van der Waals surface area contributed by atoms with Gasteiger partial charge in [-0.25, -0.2) is 0 Å². The number of allylic oxidation sites excluding steroid dienone is 3. The molecule has 0 radical (unpaired) electrons. The molecule has 0 aromatic heterocycles. The van der Waals surface area contributed by atoms with Crippen molar-refractivity contribution in [2.45, 2.75) is 207 Å². The van der Waals surface area contributed by atoms with E-state index in [-0.39, 0.29) is 27.3 Å². The molecule has 6 atom stereocenters. The molecule has 0 bridgehead atoms. The molecular weight excluding hydrogens is 649 g/mol. The lowest BCUT2D eigenvalue weighted by Crippen LogP contribution is -2.50. The molecule has 0 N–H and O–H groups in total. The number of hydrogen-bond donors (Lipinski definition) is 0.